The molecule has 8 nitrogen and oxygen atoms in total. The Hall–Kier alpha value is -3.65. The number of methoxy groups -OCH3 is 1. The van der Waals surface area contributed by atoms with Crippen molar-refractivity contribution in [3.63, 3.8) is 0 Å². The Labute approximate surface area is 198 Å². The summed E-state index contributed by atoms with van der Waals surface area (Å²) >= 11 is 0. The number of rotatable bonds is 8. The molecule has 2 amide bonds. The number of carboxylic acid groups (broad SMARTS) is 1. The van der Waals surface area contributed by atoms with Gasteiger partial charge in [0.05, 0.1) is 6.10 Å². The lowest BCUT2D eigenvalue weighted by atomic mass is 9.98. The number of nitrogens with zero attached hydrogens (tertiary/aromatic N) is 1. The molecule has 178 valence electrons. The van der Waals surface area contributed by atoms with E-state index in [1.807, 2.05) is 36.4 Å². The number of alkyl carbamates (subject to hydrolysis) is 1. The van der Waals surface area contributed by atoms with Crippen molar-refractivity contribution in [2.75, 3.05) is 26.8 Å². The summed E-state index contributed by atoms with van der Waals surface area (Å²) in [6.45, 7) is 3.96. The summed E-state index contributed by atoms with van der Waals surface area (Å²) < 4.78 is 10.8. The molecule has 1 aliphatic carbocycles. The Morgan fingerprint density at radius 3 is 2.26 bits per heavy atom. The van der Waals surface area contributed by atoms with Crippen molar-refractivity contribution in [1.29, 1.82) is 0 Å². The number of carboxylic acids is 1. The second-order valence-electron chi connectivity index (χ2n) is 8.51. The normalized spacial score (nSPS) is 19.7. The topological polar surface area (TPSA) is 105 Å². The van der Waals surface area contributed by atoms with Gasteiger partial charge >= 0.3 is 12.1 Å². The van der Waals surface area contributed by atoms with Crippen LogP contribution in [0.2, 0.25) is 0 Å². The number of benzene rings is 2. The summed E-state index contributed by atoms with van der Waals surface area (Å²) in [6, 6.07) is 15.2. The lowest BCUT2D eigenvalue weighted by Crippen LogP contribution is -2.48. The molecule has 2 N–H and O–H groups in total. The van der Waals surface area contributed by atoms with Gasteiger partial charge in [-0.15, -0.1) is 6.58 Å². The Morgan fingerprint density at radius 2 is 1.74 bits per heavy atom. The molecule has 3 unspecified atom stereocenters. The summed E-state index contributed by atoms with van der Waals surface area (Å²) in [5.41, 5.74) is 4.44. The van der Waals surface area contributed by atoms with E-state index in [9.17, 15) is 19.5 Å². The van der Waals surface area contributed by atoms with Gasteiger partial charge in [-0.05, 0) is 28.7 Å². The number of fused-ring (bicyclic) bond motifs is 3. The van der Waals surface area contributed by atoms with Crippen molar-refractivity contribution in [1.82, 2.24) is 10.2 Å². The second-order valence-corrected chi connectivity index (χ2v) is 8.51. The first-order chi connectivity index (χ1) is 16.4. The van der Waals surface area contributed by atoms with E-state index in [1.54, 1.807) is 0 Å². The number of carbonyl (C=O) groups is 3. The smallest absolute Gasteiger partial charge is 0.407 e. The average Bonchev–Trinajstić information content (AvgIpc) is 3.42. The lowest BCUT2D eigenvalue weighted by molar-refractivity contribution is -0.144. The molecule has 0 spiro atoms. The maximum Gasteiger partial charge on any atom is 0.407 e. The van der Waals surface area contributed by atoms with E-state index in [1.165, 1.54) is 18.1 Å². The molecule has 2 aliphatic rings. The first-order valence-electron chi connectivity index (χ1n) is 11.2. The van der Waals surface area contributed by atoms with Gasteiger partial charge in [-0.1, -0.05) is 54.6 Å². The largest absolute Gasteiger partial charge is 0.481 e. The highest BCUT2D eigenvalue weighted by Gasteiger charge is 2.41. The van der Waals surface area contributed by atoms with Crippen LogP contribution >= 0.6 is 0 Å². The number of ether oxygens (including phenoxy) is 2. The minimum atomic E-state index is -1.02. The molecule has 0 saturated carbocycles. The standard InChI is InChI=1S/C26H28N2O6/c1-3-8-22(24(29)28-13-20(25(30)31)23(14-28)33-2)27-26(32)34-15-21-18-11-6-4-9-16(18)17-10-5-7-12-19(17)21/h3-7,9-12,20-23H,1,8,13-15H2,2H3,(H,27,32)(H,30,31). The van der Waals surface area contributed by atoms with E-state index in [4.69, 9.17) is 9.47 Å². The molecular weight excluding hydrogens is 436 g/mol. The fraction of sp³-hybridized carbons (Fsp3) is 0.346. The third-order valence-corrected chi connectivity index (χ3v) is 6.53. The van der Waals surface area contributed by atoms with Crippen molar-refractivity contribution >= 4 is 18.0 Å². The van der Waals surface area contributed by atoms with Crippen LogP contribution in [0.1, 0.15) is 23.5 Å². The Kier molecular flexibility index (Phi) is 6.98. The first kappa shape index (κ1) is 23.5. The maximum atomic E-state index is 13.0. The highest BCUT2D eigenvalue weighted by molar-refractivity contribution is 5.87. The van der Waals surface area contributed by atoms with Gasteiger partial charge in [0.25, 0.3) is 0 Å². The monoisotopic (exact) mass is 464 g/mol. The summed E-state index contributed by atoms with van der Waals surface area (Å²) in [7, 11) is 1.42. The van der Waals surface area contributed by atoms with Crippen LogP contribution in [0.15, 0.2) is 61.2 Å². The molecule has 0 radical (unpaired) electrons. The molecule has 4 rings (SSSR count). The van der Waals surface area contributed by atoms with Crippen LogP contribution in [0.3, 0.4) is 0 Å². The third-order valence-electron chi connectivity index (χ3n) is 6.53. The fourth-order valence-electron chi connectivity index (χ4n) is 4.82. The van der Waals surface area contributed by atoms with Crippen LogP contribution in [-0.4, -0.2) is 66.9 Å². The SMILES string of the molecule is C=CCC(NC(=O)OCC1c2ccccc2-c2ccccc21)C(=O)N1CC(OC)C(C(=O)O)C1. The first-order valence-corrected chi connectivity index (χ1v) is 11.2. The van der Waals surface area contributed by atoms with Gasteiger partial charge in [-0.2, -0.15) is 0 Å². The zero-order valence-corrected chi connectivity index (χ0v) is 19.0. The van der Waals surface area contributed by atoms with Gasteiger partial charge in [-0.25, -0.2) is 4.79 Å². The fourth-order valence-corrected chi connectivity index (χ4v) is 4.82. The Morgan fingerprint density at radius 1 is 1.12 bits per heavy atom. The number of hydrogen-bond donors (Lipinski definition) is 2. The quantitative estimate of drug-likeness (QED) is 0.582. The van der Waals surface area contributed by atoms with Gasteiger partial charge in [-0.3, -0.25) is 9.59 Å². The molecule has 1 heterocycles. The number of nitrogens with one attached hydrogen (secondary N) is 1. The zero-order valence-electron chi connectivity index (χ0n) is 19.0. The highest BCUT2D eigenvalue weighted by atomic mass is 16.5. The summed E-state index contributed by atoms with van der Waals surface area (Å²) in [4.78, 5) is 38.6. The van der Waals surface area contributed by atoms with Gasteiger partial charge in [0.15, 0.2) is 0 Å². The minimum absolute atomic E-state index is 0.0205. The number of aliphatic carboxylic acids is 1. The van der Waals surface area contributed by atoms with E-state index in [0.29, 0.717) is 0 Å². The van der Waals surface area contributed by atoms with Crippen molar-refractivity contribution in [2.45, 2.75) is 24.5 Å². The molecule has 34 heavy (non-hydrogen) atoms. The van der Waals surface area contributed by atoms with Gasteiger partial charge < -0.3 is 24.8 Å². The Balaban J connectivity index is 1.41. The summed E-state index contributed by atoms with van der Waals surface area (Å²) in [5, 5.41) is 12.0. The number of likely N-dealkylation sites (tertiary alicyclic amines) is 1. The summed E-state index contributed by atoms with van der Waals surface area (Å²) in [6.07, 6.45) is 0.416. The maximum absolute atomic E-state index is 13.0. The lowest BCUT2D eigenvalue weighted by Gasteiger charge is -2.23. The molecule has 3 atom stereocenters. The van der Waals surface area contributed by atoms with Crippen LogP contribution in [0.5, 0.6) is 0 Å². The third kappa shape index (κ3) is 4.54. The molecule has 1 saturated heterocycles. The molecule has 8 heteroatoms. The second kappa shape index (κ2) is 10.1. The van der Waals surface area contributed by atoms with Gasteiger partial charge in [0, 0.05) is 26.1 Å². The average molecular weight is 465 g/mol. The van der Waals surface area contributed by atoms with E-state index >= 15 is 0 Å². The molecular formula is C26H28N2O6. The van der Waals surface area contributed by atoms with Crippen LogP contribution in [0.25, 0.3) is 11.1 Å². The molecule has 2 aromatic rings. The van der Waals surface area contributed by atoms with Crippen LogP contribution in [-0.2, 0) is 19.1 Å². The van der Waals surface area contributed by atoms with Crippen molar-refractivity contribution < 1.29 is 29.0 Å². The molecule has 1 aliphatic heterocycles. The van der Waals surface area contributed by atoms with Crippen molar-refractivity contribution in [3.05, 3.63) is 72.3 Å². The van der Waals surface area contributed by atoms with E-state index < -0.39 is 30.1 Å². The van der Waals surface area contributed by atoms with E-state index in [2.05, 4.69) is 24.0 Å². The summed E-state index contributed by atoms with van der Waals surface area (Å²) in [5.74, 6) is -2.32. The predicted molar refractivity (Wildman–Crippen MR) is 125 cm³/mol. The number of amides is 2. The van der Waals surface area contributed by atoms with E-state index in [0.717, 1.165) is 22.3 Å². The number of hydrogen-bond acceptors (Lipinski definition) is 5. The van der Waals surface area contributed by atoms with Crippen molar-refractivity contribution in [3.8, 4) is 11.1 Å². The number of carbonyl (C=O) groups excluding carboxylic acids is 2. The molecule has 0 bridgehead atoms. The highest BCUT2D eigenvalue weighted by Crippen LogP contribution is 2.44. The van der Waals surface area contributed by atoms with Crippen LogP contribution in [0, 0.1) is 5.92 Å². The molecule has 1 fully saturated rings. The van der Waals surface area contributed by atoms with Crippen LogP contribution in [0.4, 0.5) is 4.79 Å². The minimum Gasteiger partial charge on any atom is -0.481 e. The molecule has 0 aromatic heterocycles. The Bertz CT molecular complexity index is 1050. The predicted octanol–water partition coefficient (Wildman–Crippen LogP) is 3.03. The van der Waals surface area contributed by atoms with Crippen LogP contribution < -0.4 is 5.32 Å². The van der Waals surface area contributed by atoms with Gasteiger partial charge in [0.1, 0.15) is 18.6 Å². The molecule has 2 aromatic carbocycles. The van der Waals surface area contributed by atoms with Crippen molar-refractivity contribution in [2.24, 2.45) is 5.92 Å². The zero-order chi connectivity index (χ0) is 24.2. The van der Waals surface area contributed by atoms with E-state index in [-0.39, 0.29) is 37.9 Å². The van der Waals surface area contributed by atoms with Gasteiger partial charge in [0.2, 0.25) is 5.91 Å².